The van der Waals surface area contributed by atoms with Crippen LogP contribution in [0.4, 0.5) is 5.69 Å². The number of carbonyl (C=O) groups is 1. The van der Waals surface area contributed by atoms with Gasteiger partial charge in [0, 0.05) is 21.9 Å². The molecule has 19 heavy (non-hydrogen) atoms. The Kier molecular flexibility index (Phi) is 4.47. The summed E-state index contributed by atoms with van der Waals surface area (Å²) in [4.78, 5) is 14.1. The molecule has 0 N–H and O–H groups in total. The van der Waals surface area contributed by atoms with E-state index >= 15 is 0 Å². The van der Waals surface area contributed by atoms with Gasteiger partial charge in [-0.3, -0.25) is 4.79 Å². The Morgan fingerprint density at radius 3 is 2.53 bits per heavy atom. The minimum absolute atomic E-state index is 0.0624. The normalized spacial score (nSPS) is 10.3. The van der Waals surface area contributed by atoms with Gasteiger partial charge >= 0.3 is 0 Å². The van der Waals surface area contributed by atoms with Crippen molar-refractivity contribution >= 4 is 45.8 Å². The highest BCUT2D eigenvalue weighted by molar-refractivity contribution is 14.1. The molecule has 98 valence electrons. The highest BCUT2D eigenvalue weighted by atomic mass is 127. The van der Waals surface area contributed by atoms with Gasteiger partial charge in [0.05, 0.1) is 5.02 Å². The highest BCUT2D eigenvalue weighted by Gasteiger charge is 2.15. The highest BCUT2D eigenvalue weighted by Crippen LogP contribution is 2.23. The third-order valence-corrected chi connectivity index (χ3v) is 4.52. The van der Waals surface area contributed by atoms with Crippen molar-refractivity contribution in [3.63, 3.8) is 0 Å². The van der Waals surface area contributed by atoms with Crippen LogP contribution in [0.1, 0.15) is 15.9 Å². The van der Waals surface area contributed by atoms with Crippen molar-refractivity contribution in [2.24, 2.45) is 0 Å². The number of nitrogens with zero attached hydrogens (tertiary/aromatic N) is 1. The molecular formula is C15H13ClINO. The molecule has 0 bridgehead atoms. The molecular weight excluding hydrogens is 373 g/mol. The van der Waals surface area contributed by atoms with Gasteiger partial charge in [-0.05, 0) is 59.3 Å². The number of rotatable bonds is 2. The summed E-state index contributed by atoms with van der Waals surface area (Å²) in [5.41, 5.74) is 2.56. The zero-order chi connectivity index (χ0) is 14.0. The van der Waals surface area contributed by atoms with Crippen molar-refractivity contribution in [3.05, 3.63) is 62.2 Å². The molecule has 0 saturated carbocycles. The number of carbonyl (C=O) groups excluding carboxylic acids is 1. The van der Waals surface area contributed by atoms with E-state index in [1.54, 1.807) is 24.1 Å². The summed E-state index contributed by atoms with van der Waals surface area (Å²) in [5, 5.41) is 0.602. The Hall–Kier alpha value is -1.07. The molecule has 1 amide bonds. The second-order valence-electron chi connectivity index (χ2n) is 4.28. The Morgan fingerprint density at radius 2 is 1.89 bits per heavy atom. The summed E-state index contributed by atoms with van der Waals surface area (Å²) in [6, 6.07) is 13.2. The molecule has 0 heterocycles. The van der Waals surface area contributed by atoms with Gasteiger partial charge in [-0.2, -0.15) is 0 Å². The second kappa shape index (κ2) is 5.92. The fraction of sp³-hybridized carbons (Fsp3) is 0.133. The quantitative estimate of drug-likeness (QED) is 0.696. The molecule has 0 aromatic heterocycles. The van der Waals surface area contributed by atoms with E-state index in [2.05, 4.69) is 22.6 Å². The van der Waals surface area contributed by atoms with Gasteiger partial charge in [0.25, 0.3) is 5.91 Å². The molecule has 4 heteroatoms. The molecule has 2 nitrogen and oxygen atoms in total. The van der Waals surface area contributed by atoms with Gasteiger partial charge in [0.1, 0.15) is 0 Å². The number of hydrogen-bond donors (Lipinski definition) is 0. The maximum absolute atomic E-state index is 12.4. The number of para-hydroxylation sites is 1. The lowest BCUT2D eigenvalue weighted by molar-refractivity contribution is 0.0993. The van der Waals surface area contributed by atoms with E-state index in [9.17, 15) is 4.79 Å². The van der Waals surface area contributed by atoms with Crippen LogP contribution in [0.5, 0.6) is 0 Å². The van der Waals surface area contributed by atoms with Crippen LogP contribution in [0.2, 0.25) is 5.02 Å². The van der Waals surface area contributed by atoms with E-state index in [1.807, 2.05) is 37.3 Å². The van der Waals surface area contributed by atoms with Crippen molar-refractivity contribution in [2.75, 3.05) is 11.9 Å². The van der Waals surface area contributed by atoms with Gasteiger partial charge in [-0.25, -0.2) is 0 Å². The van der Waals surface area contributed by atoms with Crippen LogP contribution in [-0.4, -0.2) is 13.0 Å². The monoisotopic (exact) mass is 385 g/mol. The van der Waals surface area contributed by atoms with Crippen LogP contribution in [0.3, 0.4) is 0 Å². The van der Waals surface area contributed by atoms with Crippen molar-refractivity contribution in [1.29, 1.82) is 0 Å². The first-order valence-corrected chi connectivity index (χ1v) is 7.25. The maximum atomic E-state index is 12.4. The van der Waals surface area contributed by atoms with Crippen LogP contribution in [-0.2, 0) is 0 Å². The van der Waals surface area contributed by atoms with Gasteiger partial charge in [0.2, 0.25) is 0 Å². The van der Waals surface area contributed by atoms with Crippen molar-refractivity contribution in [3.8, 4) is 0 Å². The summed E-state index contributed by atoms with van der Waals surface area (Å²) in [7, 11) is 1.77. The third-order valence-electron chi connectivity index (χ3n) is 2.95. The zero-order valence-electron chi connectivity index (χ0n) is 10.7. The zero-order valence-corrected chi connectivity index (χ0v) is 13.6. The molecule has 0 aliphatic heterocycles. The Balaban J connectivity index is 2.34. The van der Waals surface area contributed by atoms with Crippen molar-refractivity contribution in [2.45, 2.75) is 6.92 Å². The number of hydrogen-bond acceptors (Lipinski definition) is 1. The second-order valence-corrected chi connectivity index (χ2v) is 5.85. The van der Waals surface area contributed by atoms with Crippen molar-refractivity contribution in [1.82, 2.24) is 0 Å². The summed E-state index contributed by atoms with van der Waals surface area (Å²) in [6.07, 6.45) is 0. The molecule has 0 spiro atoms. The molecule has 0 unspecified atom stereocenters. The van der Waals surface area contributed by atoms with E-state index in [-0.39, 0.29) is 5.91 Å². The molecule has 0 aliphatic carbocycles. The fourth-order valence-electron chi connectivity index (χ4n) is 1.87. The summed E-state index contributed by atoms with van der Waals surface area (Å²) < 4.78 is 0.939. The number of benzene rings is 2. The first-order chi connectivity index (χ1) is 9.00. The predicted octanol–water partition coefficient (Wildman–Crippen LogP) is 4.53. The topological polar surface area (TPSA) is 20.3 Å². The van der Waals surface area contributed by atoms with E-state index in [4.69, 9.17) is 11.6 Å². The average molecular weight is 386 g/mol. The predicted molar refractivity (Wildman–Crippen MR) is 88.1 cm³/mol. The molecule has 0 aliphatic rings. The lowest BCUT2D eigenvalue weighted by Gasteiger charge is -2.19. The van der Waals surface area contributed by atoms with Crippen LogP contribution >= 0.6 is 34.2 Å². The molecule has 2 aromatic rings. The van der Waals surface area contributed by atoms with E-state index in [0.717, 1.165) is 14.8 Å². The fourth-order valence-corrected chi connectivity index (χ4v) is 2.39. The first-order valence-electron chi connectivity index (χ1n) is 5.79. The molecule has 0 atom stereocenters. The average Bonchev–Trinajstić information content (AvgIpc) is 2.41. The van der Waals surface area contributed by atoms with Crippen LogP contribution in [0.25, 0.3) is 0 Å². The number of amides is 1. The summed E-state index contributed by atoms with van der Waals surface area (Å²) in [6.45, 7) is 1.99. The van der Waals surface area contributed by atoms with Gasteiger partial charge < -0.3 is 4.90 Å². The lowest BCUT2D eigenvalue weighted by atomic mass is 10.1. The van der Waals surface area contributed by atoms with Gasteiger partial charge in [0.15, 0.2) is 0 Å². The summed E-state index contributed by atoms with van der Waals surface area (Å²) >= 11 is 8.20. The Bertz CT molecular complexity index is 627. The standard InChI is InChI=1S/C15H13ClINO/c1-10-5-3-4-6-14(10)18(2)15(19)11-7-8-13(17)12(16)9-11/h3-9H,1-2H3. The van der Waals surface area contributed by atoms with Gasteiger partial charge in [-0.15, -0.1) is 0 Å². The third kappa shape index (κ3) is 3.09. The van der Waals surface area contributed by atoms with Crippen LogP contribution in [0, 0.1) is 10.5 Å². The minimum Gasteiger partial charge on any atom is -0.311 e. The number of halogens is 2. The molecule has 2 aromatic carbocycles. The Labute approximate surface area is 131 Å². The molecule has 0 saturated heterocycles. The summed E-state index contributed by atoms with van der Waals surface area (Å²) in [5.74, 6) is -0.0624. The van der Waals surface area contributed by atoms with E-state index < -0.39 is 0 Å². The molecule has 0 radical (unpaired) electrons. The van der Waals surface area contributed by atoms with E-state index in [0.29, 0.717) is 10.6 Å². The molecule has 0 fully saturated rings. The smallest absolute Gasteiger partial charge is 0.258 e. The number of anilines is 1. The van der Waals surface area contributed by atoms with E-state index in [1.165, 1.54) is 0 Å². The van der Waals surface area contributed by atoms with Crippen molar-refractivity contribution < 1.29 is 4.79 Å². The Morgan fingerprint density at radius 1 is 1.21 bits per heavy atom. The van der Waals surface area contributed by atoms with Crippen LogP contribution in [0.15, 0.2) is 42.5 Å². The lowest BCUT2D eigenvalue weighted by Crippen LogP contribution is -2.26. The minimum atomic E-state index is -0.0624. The maximum Gasteiger partial charge on any atom is 0.258 e. The number of aryl methyl sites for hydroxylation is 1. The SMILES string of the molecule is Cc1ccccc1N(C)C(=O)c1ccc(I)c(Cl)c1. The van der Waals surface area contributed by atoms with Crippen LogP contribution < -0.4 is 4.90 Å². The first kappa shape index (κ1) is 14.3. The van der Waals surface area contributed by atoms with Gasteiger partial charge in [-0.1, -0.05) is 29.8 Å². The molecule has 2 rings (SSSR count). The largest absolute Gasteiger partial charge is 0.311 e.